The topological polar surface area (TPSA) is 79.6 Å². The number of furan rings is 1. The number of aryl methyl sites for hydroxylation is 1. The van der Waals surface area contributed by atoms with E-state index in [1.165, 1.54) is 10.4 Å². The summed E-state index contributed by atoms with van der Waals surface area (Å²) < 4.78 is 32.8. The van der Waals surface area contributed by atoms with E-state index in [2.05, 4.69) is 5.32 Å². The molecule has 1 amide bonds. The summed E-state index contributed by atoms with van der Waals surface area (Å²) in [5.74, 6) is 1.69. The van der Waals surface area contributed by atoms with Crippen LogP contribution in [0, 0.1) is 12.8 Å². The number of carbonyl (C=O) groups is 1. The zero-order valence-electron chi connectivity index (χ0n) is 14.4. The molecule has 1 aliphatic rings. The molecule has 1 aliphatic heterocycles. The number of halogens is 1. The lowest BCUT2D eigenvalue weighted by Crippen LogP contribution is -2.39. The molecule has 2 aromatic heterocycles. The Morgan fingerprint density at radius 3 is 2.62 bits per heavy atom. The summed E-state index contributed by atoms with van der Waals surface area (Å²) in [7, 11) is -3.48. The smallest absolute Gasteiger partial charge is 0.252 e. The summed E-state index contributed by atoms with van der Waals surface area (Å²) in [5, 5.41) is 2.85. The first-order chi connectivity index (χ1) is 12.3. The van der Waals surface area contributed by atoms with Gasteiger partial charge in [0.1, 0.15) is 15.7 Å². The number of nitrogens with zero attached hydrogens (tertiary/aromatic N) is 1. The molecule has 6 nitrogen and oxygen atoms in total. The van der Waals surface area contributed by atoms with Gasteiger partial charge in [-0.2, -0.15) is 4.31 Å². The van der Waals surface area contributed by atoms with Crippen molar-refractivity contribution in [1.29, 1.82) is 0 Å². The average molecular weight is 417 g/mol. The van der Waals surface area contributed by atoms with Crippen molar-refractivity contribution >= 4 is 38.9 Å². The lowest BCUT2D eigenvalue weighted by Gasteiger charge is -2.30. The number of hydrogen-bond acceptors (Lipinski definition) is 5. The predicted molar refractivity (Wildman–Crippen MR) is 101 cm³/mol. The highest BCUT2D eigenvalue weighted by Gasteiger charge is 2.31. The van der Waals surface area contributed by atoms with E-state index in [1.54, 1.807) is 6.07 Å². The van der Waals surface area contributed by atoms with Crippen LogP contribution in [0.5, 0.6) is 0 Å². The summed E-state index contributed by atoms with van der Waals surface area (Å²) in [6.07, 6.45) is 1.75. The third-order valence-corrected chi connectivity index (χ3v) is 8.04. The first kappa shape index (κ1) is 19.4. The average Bonchev–Trinajstić information content (AvgIpc) is 3.22. The summed E-state index contributed by atoms with van der Waals surface area (Å²) in [5.41, 5.74) is 0. The highest BCUT2D eigenvalue weighted by molar-refractivity contribution is 7.91. The molecule has 3 rings (SSSR count). The van der Waals surface area contributed by atoms with Gasteiger partial charge in [-0.05, 0) is 49.9 Å². The van der Waals surface area contributed by atoms with Crippen LogP contribution in [-0.4, -0.2) is 31.7 Å². The van der Waals surface area contributed by atoms with Crippen LogP contribution in [0.3, 0.4) is 0 Å². The van der Waals surface area contributed by atoms with Gasteiger partial charge >= 0.3 is 0 Å². The number of nitrogens with one attached hydrogen (secondary N) is 1. The van der Waals surface area contributed by atoms with E-state index in [9.17, 15) is 13.2 Å². The highest BCUT2D eigenvalue weighted by Crippen LogP contribution is 2.31. The zero-order valence-corrected chi connectivity index (χ0v) is 16.8. The molecule has 9 heteroatoms. The van der Waals surface area contributed by atoms with Crippen LogP contribution in [0.15, 0.2) is 32.9 Å². The third kappa shape index (κ3) is 4.68. The number of sulfonamides is 1. The molecule has 0 unspecified atom stereocenters. The molecule has 26 heavy (non-hydrogen) atoms. The second kappa shape index (κ2) is 8.12. The molecule has 0 spiro atoms. The number of piperidine rings is 1. The lowest BCUT2D eigenvalue weighted by atomic mass is 9.94. The van der Waals surface area contributed by atoms with E-state index >= 15 is 0 Å². The van der Waals surface area contributed by atoms with Crippen molar-refractivity contribution in [2.75, 3.05) is 13.1 Å². The van der Waals surface area contributed by atoms with Crippen molar-refractivity contribution in [3.05, 3.63) is 40.1 Å². The molecule has 1 fully saturated rings. The first-order valence-corrected chi connectivity index (χ1v) is 11.1. The minimum Gasteiger partial charge on any atom is -0.465 e. The van der Waals surface area contributed by atoms with Gasteiger partial charge < -0.3 is 9.73 Å². The van der Waals surface area contributed by atoms with Crippen LogP contribution < -0.4 is 5.32 Å². The summed E-state index contributed by atoms with van der Waals surface area (Å²) in [6, 6.07) is 6.84. The normalized spacial score (nSPS) is 16.7. The maximum absolute atomic E-state index is 12.6. The van der Waals surface area contributed by atoms with Crippen molar-refractivity contribution in [2.45, 2.75) is 36.9 Å². The number of rotatable bonds is 6. The fourth-order valence-electron chi connectivity index (χ4n) is 3.02. The monoisotopic (exact) mass is 416 g/mol. The molecule has 3 heterocycles. The Labute approximate surface area is 162 Å². The molecule has 0 aliphatic carbocycles. The Bertz CT molecular complexity index is 867. The van der Waals surface area contributed by atoms with Gasteiger partial charge in [0.25, 0.3) is 10.0 Å². The molecule has 1 saturated heterocycles. The standard InChI is InChI=1S/C17H21ClN2O4S2/c1-12-2-3-14(24-12)11-19-16(21)10-13-6-8-20(9-7-13)26(22,23)17-5-4-15(18)25-17/h2-5,13H,6-11H2,1H3,(H,19,21). The molecular weight excluding hydrogens is 396 g/mol. The zero-order chi connectivity index (χ0) is 18.7. The fraction of sp³-hybridized carbons (Fsp3) is 0.471. The minimum atomic E-state index is -3.48. The van der Waals surface area contributed by atoms with Gasteiger partial charge in [-0.15, -0.1) is 11.3 Å². The Morgan fingerprint density at radius 1 is 1.31 bits per heavy atom. The van der Waals surface area contributed by atoms with Gasteiger partial charge in [0.2, 0.25) is 5.91 Å². The van der Waals surface area contributed by atoms with Gasteiger partial charge in [0, 0.05) is 19.5 Å². The van der Waals surface area contributed by atoms with Crippen LogP contribution >= 0.6 is 22.9 Å². The summed E-state index contributed by atoms with van der Waals surface area (Å²) in [4.78, 5) is 12.1. The molecule has 0 aromatic carbocycles. The molecule has 0 bridgehead atoms. The van der Waals surface area contributed by atoms with Gasteiger partial charge in [0.05, 0.1) is 10.9 Å². The largest absolute Gasteiger partial charge is 0.465 e. The molecule has 0 saturated carbocycles. The van der Waals surface area contributed by atoms with Crippen molar-refractivity contribution in [3.8, 4) is 0 Å². The third-order valence-electron chi connectivity index (χ3n) is 4.45. The van der Waals surface area contributed by atoms with E-state index < -0.39 is 10.0 Å². The minimum absolute atomic E-state index is 0.0367. The number of carbonyl (C=O) groups excluding carboxylic acids is 1. The Balaban J connectivity index is 1.47. The highest BCUT2D eigenvalue weighted by atomic mass is 35.5. The van der Waals surface area contributed by atoms with Crippen LogP contribution in [0.2, 0.25) is 4.34 Å². The predicted octanol–water partition coefficient (Wildman–Crippen LogP) is 3.41. The molecule has 0 atom stereocenters. The molecule has 0 radical (unpaired) electrons. The van der Waals surface area contributed by atoms with Crippen molar-refractivity contribution < 1.29 is 17.6 Å². The quantitative estimate of drug-likeness (QED) is 0.782. The van der Waals surface area contributed by atoms with E-state index in [1.807, 2.05) is 19.1 Å². The second-order valence-corrected chi connectivity index (χ2v) is 10.3. The molecular formula is C17H21ClN2O4S2. The van der Waals surface area contributed by atoms with Crippen LogP contribution in [-0.2, 0) is 21.4 Å². The number of hydrogen-bond donors (Lipinski definition) is 1. The summed E-state index contributed by atoms with van der Waals surface area (Å²) in [6.45, 7) is 3.08. The molecule has 2 aromatic rings. The van der Waals surface area contributed by atoms with Crippen molar-refractivity contribution in [2.24, 2.45) is 5.92 Å². The van der Waals surface area contributed by atoms with Gasteiger partial charge in [0.15, 0.2) is 0 Å². The van der Waals surface area contributed by atoms with Crippen molar-refractivity contribution in [3.63, 3.8) is 0 Å². The maximum atomic E-state index is 12.6. The second-order valence-electron chi connectivity index (χ2n) is 6.40. The summed E-state index contributed by atoms with van der Waals surface area (Å²) >= 11 is 6.91. The van der Waals surface area contributed by atoms with E-state index in [-0.39, 0.29) is 16.0 Å². The number of thiophene rings is 1. The van der Waals surface area contributed by atoms with E-state index in [0.29, 0.717) is 43.2 Å². The van der Waals surface area contributed by atoms with Gasteiger partial charge in [-0.3, -0.25) is 4.79 Å². The molecule has 1 N–H and O–H groups in total. The number of amides is 1. The van der Waals surface area contributed by atoms with E-state index in [0.717, 1.165) is 22.9 Å². The van der Waals surface area contributed by atoms with Crippen molar-refractivity contribution in [1.82, 2.24) is 9.62 Å². The lowest BCUT2D eigenvalue weighted by molar-refractivity contribution is -0.122. The Hall–Kier alpha value is -1.35. The van der Waals surface area contributed by atoms with Crippen LogP contribution in [0.1, 0.15) is 30.8 Å². The molecule has 142 valence electrons. The SMILES string of the molecule is Cc1ccc(CNC(=O)CC2CCN(S(=O)(=O)c3ccc(Cl)s3)CC2)o1. The van der Waals surface area contributed by atoms with Crippen LogP contribution in [0.25, 0.3) is 0 Å². The van der Waals surface area contributed by atoms with E-state index in [4.69, 9.17) is 16.0 Å². The Morgan fingerprint density at radius 2 is 2.04 bits per heavy atom. The van der Waals surface area contributed by atoms with Gasteiger partial charge in [-0.1, -0.05) is 11.6 Å². The maximum Gasteiger partial charge on any atom is 0.252 e. The Kier molecular flexibility index (Phi) is 6.06. The van der Waals surface area contributed by atoms with Gasteiger partial charge in [-0.25, -0.2) is 8.42 Å². The fourth-order valence-corrected chi connectivity index (χ4v) is 6.12. The van der Waals surface area contributed by atoms with Crippen LogP contribution in [0.4, 0.5) is 0 Å². The first-order valence-electron chi connectivity index (χ1n) is 8.42.